The summed E-state index contributed by atoms with van der Waals surface area (Å²) in [6.45, 7) is 2.00. The first kappa shape index (κ1) is 14.3. The maximum Gasteiger partial charge on any atom is 0.354 e. The molecule has 0 fully saturated rings. The van der Waals surface area contributed by atoms with E-state index in [-0.39, 0.29) is 5.69 Å². The molecule has 1 aromatic carbocycles. The van der Waals surface area contributed by atoms with Gasteiger partial charge in [-0.3, -0.25) is 0 Å². The first-order valence-electron chi connectivity index (χ1n) is 5.19. The molecule has 0 aliphatic rings. The van der Waals surface area contributed by atoms with Crippen molar-refractivity contribution >= 4 is 12.8 Å². The molecule has 0 aliphatic carbocycles. The fourth-order valence-electron chi connectivity index (χ4n) is 1.41. The molecule has 1 aromatic heterocycles. The number of hydrogen-bond acceptors (Lipinski definition) is 5. The predicted molar refractivity (Wildman–Crippen MR) is 68.1 cm³/mol. The van der Waals surface area contributed by atoms with Crippen LogP contribution in [-0.4, -0.2) is 34.9 Å². The van der Waals surface area contributed by atoms with Crippen LogP contribution in [0.2, 0.25) is 0 Å². The van der Waals surface area contributed by atoms with Gasteiger partial charge in [-0.1, -0.05) is 12.1 Å². The lowest BCUT2D eigenvalue weighted by atomic mass is 10.1. The lowest BCUT2D eigenvalue weighted by Crippen LogP contribution is -2.01. The van der Waals surface area contributed by atoms with E-state index in [9.17, 15) is 4.79 Å². The minimum atomic E-state index is -1.07. The maximum atomic E-state index is 10.8. The molecular weight excluding hydrogens is 248 g/mol. The van der Waals surface area contributed by atoms with Gasteiger partial charge < -0.3 is 14.6 Å². The van der Waals surface area contributed by atoms with Crippen molar-refractivity contribution in [1.82, 2.24) is 9.97 Å². The van der Waals surface area contributed by atoms with E-state index in [1.807, 2.05) is 25.0 Å². The third-order valence-electron chi connectivity index (χ3n) is 2.25. The number of nitrogens with zero attached hydrogens (tertiary/aromatic N) is 2. The Bertz CT molecular complexity index is 572. The average Bonchev–Trinajstić information content (AvgIpc) is 2.49. The summed E-state index contributed by atoms with van der Waals surface area (Å²) >= 11 is 0. The third-order valence-corrected chi connectivity index (χ3v) is 2.25. The number of carbonyl (C=O) groups excluding carboxylic acids is 1. The van der Waals surface area contributed by atoms with Crippen molar-refractivity contribution in [3.8, 4) is 17.0 Å². The van der Waals surface area contributed by atoms with Crippen molar-refractivity contribution < 1.29 is 19.4 Å². The first-order chi connectivity index (χ1) is 9.20. The zero-order valence-electron chi connectivity index (χ0n) is 10.2. The number of rotatable bonds is 3. The molecule has 1 N–H and O–H groups in total. The van der Waals surface area contributed by atoms with Gasteiger partial charge in [0.05, 0.1) is 12.8 Å². The highest BCUT2D eigenvalue weighted by atomic mass is 16.5. The second-order valence-electron chi connectivity index (χ2n) is 3.33. The van der Waals surface area contributed by atoms with Crippen LogP contribution >= 0.6 is 0 Å². The normalized spacial score (nSPS) is 9.11. The van der Waals surface area contributed by atoms with Crippen LogP contribution in [0.5, 0.6) is 5.75 Å². The fraction of sp³-hybridized carbons (Fsp3) is 0.0769. The number of aromatic carboxylic acids is 1. The van der Waals surface area contributed by atoms with Crippen LogP contribution in [0.15, 0.2) is 36.7 Å². The number of ether oxygens (including phenoxy) is 1. The molecule has 0 spiro atoms. The highest BCUT2D eigenvalue weighted by Crippen LogP contribution is 2.21. The number of hydrogen-bond donors (Lipinski definition) is 1. The van der Waals surface area contributed by atoms with Crippen LogP contribution < -0.4 is 4.74 Å². The number of carbonyl (C=O) groups is 2. The summed E-state index contributed by atoms with van der Waals surface area (Å²) in [6.07, 6.45) is 1.23. The monoisotopic (exact) mass is 260 g/mol. The largest absolute Gasteiger partial charge is 0.497 e. The van der Waals surface area contributed by atoms with E-state index in [2.05, 4.69) is 9.97 Å². The van der Waals surface area contributed by atoms with Gasteiger partial charge in [0.1, 0.15) is 18.9 Å². The minimum absolute atomic E-state index is 0.0298. The molecule has 0 radical (unpaired) electrons. The summed E-state index contributed by atoms with van der Waals surface area (Å²) in [7, 11) is 1.57. The summed E-state index contributed by atoms with van der Waals surface area (Å²) in [6, 6.07) is 8.67. The Balaban J connectivity index is 0.000000861. The van der Waals surface area contributed by atoms with Crippen molar-refractivity contribution in [2.75, 3.05) is 7.11 Å². The number of benzene rings is 1. The first-order valence-corrected chi connectivity index (χ1v) is 5.19. The molecule has 2 aromatic rings. The zero-order valence-corrected chi connectivity index (χ0v) is 10.2. The van der Waals surface area contributed by atoms with Crippen LogP contribution in [0.3, 0.4) is 0 Å². The summed E-state index contributed by atoms with van der Waals surface area (Å²) in [5, 5.41) is 8.84. The second kappa shape index (κ2) is 6.85. The molecule has 0 amide bonds. The molecule has 0 saturated carbocycles. The van der Waals surface area contributed by atoms with Crippen LogP contribution in [0.4, 0.5) is 0 Å². The molecule has 6 nitrogen and oxygen atoms in total. The number of aromatic nitrogens is 2. The Morgan fingerprint density at radius 3 is 2.63 bits per heavy atom. The standard InChI is InChI=1S/C12H10N2O3.CH2O/c1-17-9-4-2-3-8(5-9)10-6-11(12(15)16)14-7-13-10;1-2/h2-7H,1H3,(H,15,16);1H2. The van der Waals surface area contributed by atoms with Crippen molar-refractivity contribution in [3.05, 3.63) is 42.4 Å². The van der Waals surface area contributed by atoms with Crippen molar-refractivity contribution in [1.29, 1.82) is 0 Å². The molecule has 0 saturated heterocycles. The number of carboxylic acids is 1. The molecule has 0 unspecified atom stereocenters. The topological polar surface area (TPSA) is 89.4 Å². The number of carboxylic acid groups (broad SMARTS) is 1. The van der Waals surface area contributed by atoms with E-state index in [1.54, 1.807) is 13.2 Å². The SMILES string of the molecule is C=O.COc1cccc(-c2cc(C(=O)O)ncn2)c1. The lowest BCUT2D eigenvalue weighted by molar-refractivity contribution is -0.0980. The molecule has 0 atom stereocenters. The lowest BCUT2D eigenvalue weighted by Gasteiger charge is -2.04. The predicted octanol–water partition coefficient (Wildman–Crippen LogP) is 1.67. The molecular formula is C13H12N2O4. The Morgan fingerprint density at radius 1 is 1.26 bits per heavy atom. The third kappa shape index (κ3) is 3.60. The van der Waals surface area contributed by atoms with Crippen LogP contribution in [0.1, 0.15) is 10.5 Å². The van der Waals surface area contributed by atoms with Crippen molar-refractivity contribution in [3.63, 3.8) is 0 Å². The van der Waals surface area contributed by atoms with Gasteiger partial charge in [0.25, 0.3) is 0 Å². The summed E-state index contributed by atoms with van der Waals surface area (Å²) in [4.78, 5) is 26.5. The molecule has 0 bridgehead atoms. The van der Waals surface area contributed by atoms with Gasteiger partial charge in [-0.2, -0.15) is 0 Å². The molecule has 98 valence electrons. The fourth-order valence-corrected chi connectivity index (χ4v) is 1.41. The van der Waals surface area contributed by atoms with Crippen LogP contribution in [0, 0.1) is 0 Å². The Hall–Kier alpha value is -2.76. The Kier molecular flexibility index (Phi) is 5.16. The van der Waals surface area contributed by atoms with E-state index in [0.717, 1.165) is 5.56 Å². The molecule has 6 heteroatoms. The molecule has 19 heavy (non-hydrogen) atoms. The van der Waals surface area contributed by atoms with Gasteiger partial charge in [0.15, 0.2) is 5.69 Å². The van der Waals surface area contributed by atoms with Gasteiger partial charge in [0, 0.05) is 5.56 Å². The Morgan fingerprint density at radius 2 is 2.00 bits per heavy atom. The Labute approximate surface area is 109 Å². The smallest absolute Gasteiger partial charge is 0.354 e. The van der Waals surface area contributed by atoms with E-state index >= 15 is 0 Å². The molecule has 0 aliphatic heterocycles. The zero-order chi connectivity index (χ0) is 14.3. The summed E-state index contributed by atoms with van der Waals surface area (Å²) < 4.78 is 5.09. The second-order valence-corrected chi connectivity index (χ2v) is 3.33. The van der Waals surface area contributed by atoms with Gasteiger partial charge in [-0.15, -0.1) is 0 Å². The quantitative estimate of drug-likeness (QED) is 0.902. The van der Waals surface area contributed by atoms with Crippen LogP contribution in [-0.2, 0) is 4.79 Å². The van der Waals surface area contributed by atoms with E-state index in [1.165, 1.54) is 12.4 Å². The average molecular weight is 260 g/mol. The molecule has 1 heterocycles. The highest BCUT2D eigenvalue weighted by molar-refractivity contribution is 5.86. The van der Waals surface area contributed by atoms with E-state index in [4.69, 9.17) is 14.6 Å². The molecule has 2 rings (SSSR count). The number of methoxy groups -OCH3 is 1. The van der Waals surface area contributed by atoms with Crippen molar-refractivity contribution in [2.24, 2.45) is 0 Å². The van der Waals surface area contributed by atoms with E-state index in [0.29, 0.717) is 11.4 Å². The minimum Gasteiger partial charge on any atom is -0.497 e. The van der Waals surface area contributed by atoms with Gasteiger partial charge in [0.2, 0.25) is 0 Å². The van der Waals surface area contributed by atoms with Gasteiger partial charge in [-0.25, -0.2) is 14.8 Å². The van der Waals surface area contributed by atoms with Gasteiger partial charge in [-0.05, 0) is 18.2 Å². The maximum absolute atomic E-state index is 10.8. The summed E-state index contributed by atoms with van der Waals surface area (Å²) in [5.74, 6) is -0.380. The highest BCUT2D eigenvalue weighted by Gasteiger charge is 2.07. The van der Waals surface area contributed by atoms with E-state index < -0.39 is 5.97 Å². The van der Waals surface area contributed by atoms with Crippen LogP contribution in [0.25, 0.3) is 11.3 Å². The van der Waals surface area contributed by atoms with Gasteiger partial charge >= 0.3 is 5.97 Å². The summed E-state index contributed by atoms with van der Waals surface area (Å²) in [5.41, 5.74) is 1.31. The van der Waals surface area contributed by atoms with Crippen molar-refractivity contribution in [2.45, 2.75) is 0 Å².